The largest absolute Gasteiger partial charge is 0.456 e. The van der Waals surface area contributed by atoms with E-state index >= 15 is 0 Å². The van der Waals surface area contributed by atoms with Crippen LogP contribution in [0.2, 0.25) is 0 Å². The van der Waals surface area contributed by atoms with Crippen molar-refractivity contribution in [2.24, 2.45) is 0 Å². The third kappa shape index (κ3) is 2.79. The van der Waals surface area contributed by atoms with Crippen LogP contribution in [0, 0.1) is 0 Å². The van der Waals surface area contributed by atoms with Gasteiger partial charge < -0.3 is 4.42 Å². The normalized spacial score (nSPS) is 11.6. The summed E-state index contributed by atoms with van der Waals surface area (Å²) in [6, 6.07) is 43.2. The van der Waals surface area contributed by atoms with Crippen molar-refractivity contribution >= 4 is 43.5 Å². The molecule has 0 saturated carbocycles. The molecule has 0 fully saturated rings. The molecule has 154 valence electrons. The SMILES string of the molecule is c1ccc2c(-c3ccc(-c4ccc5oc6ccccc6c5c4)c4ccccc34)cccc2c1. The van der Waals surface area contributed by atoms with Crippen molar-refractivity contribution in [3.8, 4) is 22.3 Å². The van der Waals surface area contributed by atoms with Crippen molar-refractivity contribution in [2.45, 2.75) is 0 Å². The average molecular weight is 421 g/mol. The van der Waals surface area contributed by atoms with Gasteiger partial charge in [-0.15, -0.1) is 0 Å². The molecule has 0 spiro atoms. The van der Waals surface area contributed by atoms with Gasteiger partial charge in [0.2, 0.25) is 0 Å². The molecular weight excluding hydrogens is 400 g/mol. The van der Waals surface area contributed by atoms with Gasteiger partial charge in [-0.05, 0) is 62.0 Å². The minimum Gasteiger partial charge on any atom is -0.456 e. The van der Waals surface area contributed by atoms with Crippen molar-refractivity contribution in [1.82, 2.24) is 0 Å². The second-order valence-electron chi connectivity index (χ2n) is 8.54. The molecule has 0 N–H and O–H groups in total. The van der Waals surface area contributed by atoms with Gasteiger partial charge in [-0.2, -0.15) is 0 Å². The maximum atomic E-state index is 6.05. The van der Waals surface area contributed by atoms with Crippen LogP contribution in [0.25, 0.3) is 65.7 Å². The van der Waals surface area contributed by atoms with E-state index in [1.165, 1.54) is 43.8 Å². The number of rotatable bonds is 2. The lowest BCUT2D eigenvalue weighted by molar-refractivity contribution is 0.669. The van der Waals surface area contributed by atoms with Crippen molar-refractivity contribution in [3.05, 3.63) is 121 Å². The third-order valence-electron chi connectivity index (χ3n) is 6.69. The first kappa shape index (κ1) is 18.2. The molecule has 0 aliphatic carbocycles. The molecule has 0 saturated heterocycles. The molecule has 0 unspecified atom stereocenters. The zero-order valence-electron chi connectivity index (χ0n) is 18.0. The Morgan fingerprint density at radius 3 is 1.85 bits per heavy atom. The Labute approximate surface area is 191 Å². The van der Waals surface area contributed by atoms with Gasteiger partial charge in [0.1, 0.15) is 11.2 Å². The van der Waals surface area contributed by atoms with Crippen molar-refractivity contribution in [1.29, 1.82) is 0 Å². The minimum absolute atomic E-state index is 0.927. The number of hydrogen-bond acceptors (Lipinski definition) is 1. The molecule has 0 radical (unpaired) electrons. The Balaban J connectivity index is 1.49. The van der Waals surface area contributed by atoms with Gasteiger partial charge in [0.05, 0.1) is 0 Å². The van der Waals surface area contributed by atoms with Gasteiger partial charge in [-0.3, -0.25) is 0 Å². The van der Waals surface area contributed by atoms with Crippen LogP contribution in [0.1, 0.15) is 0 Å². The topological polar surface area (TPSA) is 13.1 Å². The molecule has 1 heteroatoms. The highest BCUT2D eigenvalue weighted by Crippen LogP contribution is 2.39. The molecule has 0 amide bonds. The maximum absolute atomic E-state index is 6.05. The summed E-state index contributed by atoms with van der Waals surface area (Å²) in [5.74, 6) is 0. The molecule has 1 heterocycles. The number of fused-ring (bicyclic) bond motifs is 5. The van der Waals surface area contributed by atoms with E-state index in [9.17, 15) is 0 Å². The second-order valence-corrected chi connectivity index (χ2v) is 8.54. The van der Waals surface area contributed by atoms with Gasteiger partial charge in [0.15, 0.2) is 0 Å². The van der Waals surface area contributed by atoms with E-state index < -0.39 is 0 Å². The molecule has 1 aromatic heterocycles. The number of hydrogen-bond donors (Lipinski definition) is 0. The first-order valence-corrected chi connectivity index (χ1v) is 11.3. The van der Waals surface area contributed by atoms with Crippen molar-refractivity contribution in [3.63, 3.8) is 0 Å². The van der Waals surface area contributed by atoms with Gasteiger partial charge >= 0.3 is 0 Å². The van der Waals surface area contributed by atoms with E-state index in [4.69, 9.17) is 4.42 Å². The summed E-state index contributed by atoms with van der Waals surface area (Å²) in [5.41, 5.74) is 6.84. The highest BCUT2D eigenvalue weighted by Gasteiger charge is 2.13. The van der Waals surface area contributed by atoms with E-state index in [0.717, 1.165) is 21.9 Å². The molecule has 6 aromatic carbocycles. The molecule has 0 aliphatic rings. The second kappa shape index (κ2) is 7.08. The summed E-state index contributed by atoms with van der Waals surface area (Å²) in [4.78, 5) is 0. The maximum Gasteiger partial charge on any atom is 0.135 e. The minimum atomic E-state index is 0.927. The first-order chi connectivity index (χ1) is 16.4. The zero-order valence-corrected chi connectivity index (χ0v) is 18.0. The summed E-state index contributed by atoms with van der Waals surface area (Å²) in [5, 5.41) is 7.39. The van der Waals surface area contributed by atoms with Crippen LogP contribution >= 0.6 is 0 Å². The van der Waals surface area contributed by atoms with E-state index in [2.05, 4.69) is 109 Å². The Morgan fingerprint density at radius 1 is 0.364 bits per heavy atom. The van der Waals surface area contributed by atoms with Gasteiger partial charge in [0.25, 0.3) is 0 Å². The van der Waals surface area contributed by atoms with E-state index in [1.54, 1.807) is 0 Å². The monoisotopic (exact) mass is 420 g/mol. The fourth-order valence-corrected chi connectivity index (χ4v) is 5.14. The summed E-state index contributed by atoms with van der Waals surface area (Å²) in [6.45, 7) is 0. The molecule has 33 heavy (non-hydrogen) atoms. The molecule has 1 nitrogen and oxygen atoms in total. The standard InChI is InChI=1S/C32H20O/c1-2-10-23-21(8-1)9-7-14-26(23)28-18-17-24(25-11-3-4-12-27(25)28)22-16-19-32-30(20-22)29-13-5-6-15-31(29)33-32/h1-20H. The Hall–Kier alpha value is -4.36. The van der Waals surface area contributed by atoms with Crippen LogP contribution in [0.15, 0.2) is 126 Å². The fraction of sp³-hybridized carbons (Fsp3) is 0. The highest BCUT2D eigenvalue weighted by molar-refractivity contribution is 6.11. The fourth-order valence-electron chi connectivity index (χ4n) is 5.14. The van der Waals surface area contributed by atoms with E-state index in [1.807, 2.05) is 12.1 Å². The first-order valence-electron chi connectivity index (χ1n) is 11.3. The number of benzene rings is 6. The lowest BCUT2D eigenvalue weighted by atomic mass is 9.90. The predicted octanol–water partition coefficient (Wildman–Crippen LogP) is 9.23. The molecule has 0 atom stereocenters. The number of para-hydroxylation sites is 1. The van der Waals surface area contributed by atoms with Crippen molar-refractivity contribution < 1.29 is 4.42 Å². The Kier molecular flexibility index (Phi) is 3.91. The summed E-state index contributed by atoms with van der Waals surface area (Å²) in [6.07, 6.45) is 0. The molecular formula is C32H20O. The molecule has 7 aromatic rings. The van der Waals surface area contributed by atoms with Gasteiger partial charge in [-0.25, -0.2) is 0 Å². The van der Waals surface area contributed by atoms with Crippen LogP contribution in [0.3, 0.4) is 0 Å². The molecule has 0 aliphatic heterocycles. The lowest BCUT2D eigenvalue weighted by Gasteiger charge is -2.14. The Morgan fingerprint density at radius 2 is 0.970 bits per heavy atom. The highest BCUT2D eigenvalue weighted by atomic mass is 16.3. The van der Waals surface area contributed by atoms with Crippen LogP contribution in [0.4, 0.5) is 0 Å². The summed E-state index contributed by atoms with van der Waals surface area (Å²) >= 11 is 0. The van der Waals surface area contributed by atoms with Crippen molar-refractivity contribution in [2.75, 3.05) is 0 Å². The van der Waals surface area contributed by atoms with Crippen LogP contribution in [0.5, 0.6) is 0 Å². The molecule has 0 bridgehead atoms. The predicted molar refractivity (Wildman–Crippen MR) is 140 cm³/mol. The van der Waals surface area contributed by atoms with E-state index in [0.29, 0.717) is 0 Å². The third-order valence-corrected chi connectivity index (χ3v) is 6.69. The van der Waals surface area contributed by atoms with Crippen LogP contribution in [-0.2, 0) is 0 Å². The zero-order chi connectivity index (χ0) is 21.8. The molecule has 7 rings (SSSR count). The number of furan rings is 1. The smallest absolute Gasteiger partial charge is 0.135 e. The van der Waals surface area contributed by atoms with Crippen LogP contribution < -0.4 is 0 Å². The van der Waals surface area contributed by atoms with Gasteiger partial charge in [0, 0.05) is 10.8 Å². The van der Waals surface area contributed by atoms with Gasteiger partial charge in [-0.1, -0.05) is 103 Å². The average Bonchev–Trinajstić information content (AvgIpc) is 3.26. The quantitative estimate of drug-likeness (QED) is 0.272. The van der Waals surface area contributed by atoms with Crippen LogP contribution in [-0.4, -0.2) is 0 Å². The summed E-state index contributed by atoms with van der Waals surface area (Å²) < 4.78 is 6.05. The lowest BCUT2D eigenvalue weighted by Crippen LogP contribution is -1.87. The van der Waals surface area contributed by atoms with E-state index in [-0.39, 0.29) is 0 Å². The Bertz CT molecular complexity index is 1810. The summed E-state index contributed by atoms with van der Waals surface area (Å²) in [7, 11) is 0.